The zero-order chi connectivity index (χ0) is 25.1. The van der Waals surface area contributed by atoms with Crippen molar-refractivity contribution in [2.75, 3.05) is 33.7 Å². The van der Waals surface area contributed by atoms with E-state index in [-0.39, 0.29) is 44.2 Å². The van der Waals surface area contributed by atoms with Gasteiger partial charge in [-0.1, -0.05) is 18.2 Å². The molecule has 0 aliphatic rings. The summed E-state index contributed by atoms with van der Waals surface area (Å²) in [6.45, 7) is 2.82. The van der Waals surface area contributed by atoms with Gasteiger partial charge in [0.15, 0.2) is 0 Å². The van der Waals surface area contributed by atoms with Gasteiger partial charge in [0, 0.05) is 57.3 Å². The molecule has 5 N–H and O–H groups in total. The number of benzene rings is 1. The molecule has 0 bridgehead atoms. The fraction of sp³-hybridized carbons (Fsp3) is 0.478. The molecule has 11 heteroatoms. The van der Waals surface area contributed by atoms with Crippen LogP contribution in [0.1, 0.15) is 25.5 Å². The van der Waals surface area contributed by atoms with Crippen LogP contribution in [0.3, 0.4) is 0 Å². The Morgan fingerprint density at radius 1 is 1.00 bits per heavy atom. The number of aromatic nitrogens is 1. The van der Waals surface area contributed by atoms with Gasteiger partial charge in [0.05, 0.1) is 6.54 Å². The average molecular weight is 475 g/mol. The number of aliphatic hydroxyl groups is 1. The van der Waals surface area contributed by atoms with Gasteiger partial charge in [-0.2, -0.15) is 0 Å². The summed E-state index contributed by atoms with van der Waals surface area (Å²) in [5.74, 6) is -2.03. The molecule has 1 aromatic carbocycles. The highest BCUT2D eigenvalue weighted by atomic mass is 16.3. The molecule has 1 atom stereocenters. The largest absolute Gasteiger partial charge is 0.375 e. The molecular weight excluding hydrogens is 440 g/mol. The standard InChI is InChI=1S/C23H34N6O5/c1-16(30)8-10-26-22(33)21(32)23(34)27-12-11-25-20(31)9-13-29-18(15-28(3)24-2)14-17-6-4-5-7-19(17)29/h4-7,14,21,24,32H,8-13,15H2,1-3H3,(H,25,31)(H,26,33)(H,27,34). The van der Waals surface area contributed by atoms with Crippen LogP contribution in [0.5, 0.6) is 0 Å². The van der Waals surface area contributed by atoms with E-state index < -0.39 is 17.9 Å². The molecule has 1 aromatic heterocycles. The van der Waals surface area contributed by atoms with Crippen LogP contribution >= 0.6 is 0 Å². The molecule has 34 heavy (non-hydrogen) atoms. The SMILES string of the molecule is CNN(C)Cc1cc2ccccc2n1CCC(=O)NCCNC(=O)C(O)C(=O)NCCC(C)=O. The second-order valence-corrected chi connectivity index (χ2v) is 7.96. The van der Waals surface area contributed by atoms with Crippen molar-refractivity contribution in [1.29, 1.82) is 0 Å². The summed E-state index contributed by atoms with van der Waals surface area (Å²) in [6.07, 6.45) is -1.50. The number of carbonyl (C=O) groups excluding carboxylic acids is 4. The minimum Gasteiger partial charge on any atom is -0.375 e. The summed E-state index contributed by atoms with van der Waals surface area (Å²) < 4.78 is 2.12. The van der Waals surface area contributed by atoms with Gasteiger partial charge in [-0.3, -0.25) is 24.6 Å². The molecule has 0 saturated heterocycles. The summed E-state index contributed by atoms with van der Waals surface area (Å²) in [6, 6.07) is 10.1. The molecule has 0 radical (unpaired) electrons. The first kappa shape index (κ1) is 27.0. The van der Waals surface area contributed by atoms with E-state index in [1.807, 2.05) is 43.4 Å². The van der Waals surface area contributed by atoms with Gasteiger partial charge in [0.25, 0.3) is 11.8 Å². The smallest absolute Gasteiger partial charge is 0.258 e. The molecule has 0 fully saturated rings. The lowest BCUT2D eigenvalue weighted by Crippen LogP contribution is -2.47. The monoisotopic (exact) mass is 474 g/mol. The first-order valence-corrected chi connectivity index (χ1v) is 11.2. The highest BCUT2D eigenvalue weighted by Gasteiger charge is 2.23. The quantitative estimate of drug-likeness (QED) is 0.138. The fourth-order valence-electron chi connectivity index (χ4n) is 3.35. The zero-order valence-corrected chi connectivity index (χ0v) is 19.9. The molecule has 0 spiro atoms. The van der Waals surface area contributed by atoms with Gasteiger partial charge < -0.3 is 25.6 Å². The topological polar surface area (TPSA) is 145 Å². The third-order valence-electron chi connectivity index (χ3n) is 5.26. The van der Waals surface area contributed by atoms with Crippen molar-refractivity contribution in [3.05, 3.63) is 36.0 Å². The number of ketones is 1. The average Bonchev–Trinajstić information content (AvgIpc) is 3.16. The van der Waals surface area contributed by atoms with E-state index >= 15 is 0 Å². The van der Waals surface area contributed by atoms with E-state index in [1.165, 1.54) is 6.92 Å². The minimum absolute atomic E-state index is 0.0538. The van der Waals surface area contributed by atoms with Crippen molar-refractivity contribution in [2.24, 2.45) is 0 Å². The van der Waals surface area contributed by atoms with E-state index in [0.717, 1.165) is 16.6 Å². The molecule has 0 saturated carbocycles. The maximum absolute atomic E-state index is 12.3. The van der Waals surface area contributed by atoms with Crippen molar-refractivity contribution in [1.82, 2.24) is 31.0 Å². The zero-order valence-electron chi connectivity index (χ0n) is 19.9. The van der Waals surface area contributed by atoms with Gasteiger partial charge in [-0.05, 0) is 31.5 Å². The molecular formula is C23H34N6O5. The Kier molecular flexibility index (Phi) is 10.7. The summed E-state index contributed by atoms with van der Waals surface area (Å²) in [7, 11) is 3.79. The first-order chi connectivity index (χ1) is 16.2. The van der Waals surface area contributed by atoms with Gasteiger partial charge in [0.1, 0.15) is 5.78 Å². The highest BCUT2D eigenvalue weighted by molar-refractivity contribution is 6.03. The predicted molar refractivity (Wildman–Crippen MR) is 127 cm³/mol. The number of nitrogens with one attached hydrogen (secondary N) is 4. The number of rotatable bonds is 14. The number of fused-ring (bicyclic) bond motifs is 1. The predicted octanol–water partition coefficient (Wildman–Crippen LogP) is -0.714. The number of amides is 3. The van der Waals surface area contributed by atoms with E-state index in [1.54, 1.807) is 0 Å². The number of aryl methyl sites for hydroxylation is 1. The van der Waals surface area contributed by atoms with Gasteiger partial charge >= 0.3 is 0 Å². The van der Waals surface area contributed by atoms with Crippen molar-refractivity contribution >= 4 is 34.4 Å². The Morgan fingerprint density at radius 3 is 2.32 bits per heavy atom. The number of Topliss-reactive ketones (excluding diaryl/α,β-unsaturated/α-hetero) is 1. The second-order valence-electron chi connectivity index (χ2n) is 7.96. The van der Waals surface area contributed by atoms with Crippen LogP contribution in [0.4, 0.5) is 0 Å². The van der Waals surface area contributed by atoms with E-state index in [0.29, 0.717) is 13.1 Å². The minimum atomic E-state index is -1.88. The van der Waals surface area contributed by atoms with Gasteiger partial charge in [0.2, 0.25) is 12.0 Å². The summed E-state index contributed by atoms with van der Waals surface area (Å²) >= 11 is 0. The number of carbonyl (C=O) groups is 4. The summed E-state index contributed by atoms with van der Waals surface area (Å²) in [5.41, 5.74) is 5.20. The van der Waals surface area contributed by atoms with Crippen LogP contribution in [0.15, 0.2) is 30.3 Å². The van der Waals surface area contributed by atoms with Crippen LogP contribution in [-0.2, 0) is 32.3 Å². The Morgan fingerprint density at radius 2 is 1.65 bits per heavy atom. The van der Waals surface area contributed by atoms with Gasteiger partial charge in [-0.25, -0.2) is 5.01 Å². The fourth-order valence-corrected chi connectivity index (χ4v) is 3.35. The van der Waals surface area contributed by atoms with E-state index in [9.17, 15) is 24.3 Å². The number of hydrogen-bond acceptors (Lipinski definition) is 7. The molecule has 186 valence electrons. The lowest BCUT2D eigenvalue weighted by molar-refractivity contribution is -0.141. The summed E-state index contributed by atoms with van der Waals surface area (Å²) in [5, 5.41) is 20.2. The van der Waals surface area contributed by atoms with Crippen LogP contribution in [0, 0.1) is 0 Å². The molecule has 3 amide bonds. The third-order valence-corrected chi connectivity index (χ3v) is 5.26. The maximum Gasteiger partial charge on any atom is 0.258 e. The van der Waals surface area contributed by atoms with Crippen molar-refractivity contribution in [2.45, 2.75) is 39.0 Å². The van der Waals surface area contributed by atoms with Crippen LogP contribution < -0.4 is 21.4 Å². The Hall–Kier alpha value is -3.28. The number of para-hydroxylation sites is 1. The number of hydrazine groups is 1. The second kappa shape index (κ2) is 13.4. The first-order valence-electron chi connectivity index (χ1n) is 11.2. The highest BCUT2D eigenvalue weighted by Crippen LogP contribution is 2.21. The van der Waals surface area contributed by atoms with Crippen molar-refractivity contribution < 1.29 is 24.3 Å². The lowest BCUT2D eigenvalue weighted by Gasteiger charge is -2.17. The Bertz CT molecular complexity index is 1000. The maximum atomic E-state index is 12.3. The summed E-state index contributed by atoms with van der Waals surface area (Å²) in [4.78, 5) is 46.8. The normalized spacial score (nSPS) is 11.9. The van der Waals surface area contributed by atoms with E-state index in [2.05, 4.69) is 32.0 Å². The number of hydrogen-bond donors (Lipinski definition) is 5. The Labute approximate surface area is 198 Å². The molecule has 2 aromatic rings. The molecule has 0 aliphatic heterocycles. The molecule has 11 nitrogen and oxygen atoms in total. The van der Waals surface area contributed by atoms with Crippen LogP contribution in [0.2, 0.25) is 0 Å². The third kappa shape index (κ3) is 8.25. The lowest BCUT2D eigenvalue weighted by atomic mass is 10.2. The number of nitrogens with zero attached hydrogens (tertiary/aromatic N) is 2. The van der Waals surface area contributed by atoms with Crippen LogP contribution in [0.25, 0.3) is 10.9 Å². The molecule has 1 heterocycles. The molecule has 2 rings (SSSR count). The number of aliphatic hydroxyl groups excluding tert-OH is 1. The Balaban J connectivity index is 1.77. The van der Waals surface area contributed by atoms with Crippen molar-refractivity contribution in [3.63, 3.8) is 0 Å². The van der Waals surface area contributed by atoms with Crippen molar-refractivity contribution in [3.8, 4) is 0 Å². The van der Waals surface area contributed by atoms with E-state index in [4.69, 9.17) is 0 Å². The molecule has 1 unspecified atom stereocenters. The van der Waals surface area contributed by atoms with Crippen LogP contribution in [-0.4, -0.2) is 78.0 Å². The molecule has 0 aliphatic carbocycles. The van der Waals surface area contributed by atoms with Gasteiger partial charge in [-0.15, -0.1) is 0 Å².